The van der Waals surface area contributed by atoms with Crippen LogP contribution in [-0.4, -0.2) is 35.1 Å². The summed E-state index contributed by atoms with van der Waals surface area (Å²) in [7, 11) is 0. The lowest BCUT2D eigenvalue weighted by Crippen LogP contribution is -2.20. The number of nitrogens with one attached hydrogen (secondary N) is 2. The van der Waals surface area contributed by atoms with Crippen LogP contribution in [0.4, 0.5) is 11.4 Å². The summed E-state index contributed by atoms with van der Waals surface area (Å²) < 4.78 is 0. The van der Waals surface area contributed by atoms with Crippen molar-refractivity contribution in [1.82, 2.24) is 5.32 Å². The molecule has 21 heavy (non-hydrogen) atoms. The van der Waals surface area contributed by atoms with Gasteiger partial charge in [-0.25, -0.2) is 4.79 Å². The molecule has 0 heterocycles. The van der Waals surface area contributed by atoms with Crippen molar-refractivity contribution in [1.29, 1.82) is 0 Å². The summed E-state index contributed by atoms with van der Waals surface area (Å²) >= 11 is 0. The molecule has 0 saturated heterocycles. The van der Waals surface area contributed by atoms with Crippen LogP contribution in [0, 0.1) is 17.0 Å². The Morgan fingerprint density at radius 3 is 2.71 bits per heavy atom. The Morgan fingerprint density at radius 2 is 2.14 bits per heavy atom. The second kappa shape index (κ2) is 6.53. The van der Waals surface area contributed by atoms with Crippen LogP contribution in [0.25, 0.3) is 0 Å². The first-order valence-corrected chi connectivity index (χ1v) is 6.98. The third-order valence-electron chi connectivity index (χ3n) is 3.50. The molecule has 0 amide bonds. The molecule has 7 nitrogen and oxygen atoms in total. The average molecular weight is 293 g/mol. The maximum absolute atomic E-state index is 11.0. The van der Waals surface area contributed by atoms with E-state index in [9.17, 15) is 14.9 Å². The molecule has 7 heteroatoms. The normalized spacial score (nSPS) is 14.0. The lowest BCUT2D eigenvalue weighted by atomic mass is 10.1. The summed E-state index contributed by atoms with van der Waals surface area (Å²) in [4.78, 5) is 21.5. The van der Waals surface area contributed by atoms with Gasteiger partial charge in [-0.3, -0.25) is 10.1 Å². The van der Waals surface area contributed by atoms with Crippen molar-refractivity contribution in [3.8, 4) is 0 Å². The molecule has 0 atom stereocenters. The van der Waals surface area contributed by atoms with E-state index in [4.69, 9.17) is 5.11 Å². The third kappa shape index (κ3) is 4.16. The van der Waals surface area contributed by atoms with Gasteiger partial charge in [0.25, 0.3) is 5.69 Å². The van der Waals surface area contributed by atoms with Crippen molar-refractivity contribution in [2.75, 3.05) is 18.4 Å². The molecule has 0 aromatic heterocycles. The van der Waals surface area contributed by atoms with E-state index in [-0.39, 0.29) is 11.3 Å². The largest absolute Gasteiger partial charge is 0.478 e. The van der Waals surface area contributed by atoms with Gasteiger partial charge in [-0.05, 0) is 38.8 Å². The summed E-state index contributed by atoms with van der Waals surface area (Å²) in [6.45, 7) is 3.15. The molecule has 0 radical (unpaired) electrons. The number of nitrogens with zero attached hydrogens (tertiary/aromatic N) is 1. The number of nitro groups is 1. The van der Waals surface area contributed by atoms with Gasteiger partial charge in [0.2, 0.25) is 0 Å². The number of nitro benzene ring substituents is 1. The molecule has 0 unspecified atom stereocenters. The molecule has 1 aromatic rings. The molecule has 3 N–H and O–H groups in total. The number of rotatable bonds is 8. The van der Waals surface area contributed by atoms with Crippen LogP contribution in [0.1, 0.15) is 35.2 Å². The molecular formula is C14H19N3O4. The molecule has 0 bridgehead atoms. The van der Waals surface area contributed by atoms with Crippen molar-refractivity contribution in [2.24, 2.45) is 0 Å². The minimum Gasteiger partial charge on any atom is -0.478 e. The topological polar surface area (TPSA) is 104 Å². The van der Waals surface area contributed by atoms with Crippen molar-refractivity contribution in [3.63, 3.8) is 0 Å². The number of benzene rings is 1. The number of carboxylic acid groups (broad SMARTS) is 1. The zero-order valence-corrected chi connectivity index (χ0v) is 11.9. The van der Waals surface area contributed by atoms with Gasteiger partial charge in [-0.15, -0.1) is 0 Å². The van der Waals surface area contributed by atoms with Crippen molar-refractivity contribution in [2.45, 2.75) is 32.2 Å². The van der Waals surface area contributed by atoms with Crippen LogP contribution in [0.5, 0.6) is 0 Å². The Bertz CT molecular complexity index is 555. The summed E-state index contributed by atoms with van der Waals surface area (Å²) in [6, 6.07) is 3.19. The molecular weight excluding hydrogens is 274 g/mol. The van der Waals surface area contributed by atoms with E-state index in [1.54, 1.807) is 6.92 Å². The Labute approximate surface area is 122 Å². The zero-order chi connectivity index (χ0) is 15.4. The molecule has 1 aliphatic rings. The summed E-state index contributed by atoms with van der Waals surface area (Å²) in [6.07, 6.45) is 3.35. The number of hydrogen-bond acceptors (Lipinski definition) is 5. The van der Waals surface area contributed by atoms with Crippen LogP contribution in [0.15, 0.2) is 12.1 Å². The Morgan fingerprint density at radius 1 is 1.43 bits per heavy atom. The van der Waals surface area contributed by atoms with Gasteiger partial charge < -0.3 is 15.7 Å². The average Bonchev–Trinajstić information content (AvgIpc) is 3.23. The van der Waals surface area contributed by atoms with E-state index in [1.807, 2.05) is 0 Å². The minimum atomic E-state index is -1.17. The predicted octanol–water partition coefficient (Wildman–Crippen LogP) is 2.16. The first-order chi connectivity index (χ1) is 9.99. The molecule has 1 aromatic carbocycles. The van der Waals surface area contributed by atoms with Crippen LogP contribution < -0.4 is 10.6 Å². The van der Waals surface area contributed by atoms with Gasteiger partial charge in [0.05, 0.1) is 10.5 Å². The fourth-order valence-corrected chi connectivity index (χ4v) is 2.10. The number of hydrogen-bond donors (Lipinski definition) is 3. The van der Waals surface area contributed by atoms with E-state index >= 15 is 0 Å². The highest BCUT2D eigenvalue weighted by atomic mass is 16.6. The lowest BCUT2D eigenvalue weighted by Gasteiger charge is -2.11. The van der Waals surface area contributed by atoms with Crippen molar-refractivity contribution in [3.05, 3.63) is 33.4 Å². The van der Waals surface area contributed by atoms with E-state index in [0.29, 0.717) is 23.8 Å². The molecule has 1 fully saturated rings. The monoisotopic (exact) mass is 293 g/mol. The molecule has 114 valence electrons. The fraction of sp³-hybridized carbons (Fsp3) is 0.500. The van der Waals surface area contributed by atoms with Gasteiger partial charge in [0, 0.05) is 29.9 Å². The van der Waals surface area contributed by atoms with E-state index in [1.165, 1.54) is 18.9 Å². The zero-order valence-electron chi connectivity index (χ0n) is 11.9. The van der Waals surface area contributed by atoms with Crippen LogP contribution in [0.2, 0.25) is 0 Å². The van der Waals surface area contributed by atoms with E-state index in [0.717, 1.165) is 19.0 Å². The van der Waals surface area contributed by atoms with Gasteiger partial charge in [-0.1, -0.05) is 0 Å². The van der Waals surface area contributed by atoms with Crippen LogP contribution in [-0.2, 0) is 0 Å². The highest BCUT2D eigenvalue weighted by molar-refractivity contribution is 5.90. The molecule has 1 aliphatic carbocycles. The van der Waals surface area contributed by atoms with Crippen molar-refractivity contribution >= 4 is 17.3 Å². The van der Waals surface area contributed by atoms with Gasteiger partial charge >= 0.3 is 5.97 Å². The van der Waals surface area contributed by atoms with Crippen LogP contribution in [0.3, 0.4) is 0 Å². The first kappa shape index (κ1) is 15.2. The van der Waals surface area contributed by atoms with Gasteiger partial charge in [0.15, 0.2) is 0 Å². The standard InChI is InChI=1S/C14H19N3O4/c1-9-12(16-6-2-5-15-11-3-4-11)7-10(14(18)19)8-13(9)17(20)21/h7-8,11,15-16H,2-6H2,1H3,(H,18,19). The van der Waals surface area contributed by atoms with Gasteiger partial charge in [0.1, 0.15) is 0 Å². The summed E-state index contributed by atoms with van der Waals surface area (Å²) in [5.74, 6) is -1.17. The predicted molar refractivity (Wildman–Crippen MR) is 78.9 cm³/mol. The highest BCUT2D eigenvalue weighted by Crippen LogP contribution is 2.27. The van der Waals surface area contributed by atoms with Gasteiger partial charge in [-0.2, -0.15) is 0 Å². The van der Waals surface area contributed by atoms with Crippen molar-refractivity contribution < 1.29 is 14.8 Å². The third-order valence-corrected chi connectivity index (χ3v) is 3.50. The summed E-state index contributed by atoms with van der Waals surface area (Å²) in [5, 5.41) is 26.5. The quantitative estimate of drug-likeness (QED) is 0.385. The second-order valence-electron chi connectivity index (χ2n) is 5.24. The molecule has 1 saturated carbocycles. The Kier molecular flexibility index (Phi) is 4.74. The Hall–Kier alpha value is -2.15. The maximum Gasteiger partial charge on any atom is 0.336 e. The molecule has 2 rings (SSSR count). The highest BCUT2D eigenvalue weighted by Gasteiger charge is 2.20. The maximum atomic E-state index is 11.0. The smallest absolute Gasteiger partial charge is 0.336 e. The fourth-order valence-electron chi connectivity index (χ4n) is 2.10. The Balaban J connectivity index is 2.01. The molecule has 0 spiro atoms. The lowest BCUT2D eigenvalue weighted by molar-refractivity contribution is -0.385. The summed E-state index contributed by atoms with van der Waals surface area (Å²) in [5.41, 5.74) is 0.715. The first-order valence-electron chi connectivity index (χ1n) is 6.98. The van der Waals surface area contributed by atoms with E-state index in [2.05, 4.69) is 10.6 Å². The SMILES string of the molecule is Cc1c(NCCCNC2CC2)cc(C(=O)O)cc1[N+](=O)[O-]. The number of aromatic carboxylic acids is 1. The van der Waals surface area contributed by atoms with Crippen LogP contribution >= 0.6 is 0 Å². The number of carboxylic acids is 1. The minimum absolute atomic E-state index is 0.0779. The second-order valence-corrected chi connectivity index (χ2v) is 5.24. The number of carbonyl (C=O) groups is 1. The number of anilines is 1. The molecule has 0 aliphatic heterocycles. The van der Waals surface area contributed by atoms with E-state index < -0.39 is 10.9 Å².